The second-order valence-corrected chi connectivity index (χ2v) is 10.7. The summed E-state index contributed by atoms with van der Waals surface area (Å²) < 4.78 is 8.70. The van der Waals surface area contributed by atoms with E-state index >= 15 is 0 Å². The van der Waals surface area contributed by atoms with Gasteiger partial charge in [0.1, 0.15) is 5.75 Å². The molecule has 1 unspecified atom stereocenters. The Balaban J connectivity index is 1.34. The van der Waals surface area contributed by atoms with Crippen molar-refractivity contribution in [2.24, 2.45) is 7.05 Å². The SMILES string of the molecule is CC(Oc1cc(Cl)ccc1Cl)c1nnc(SCC(=O)Nc2nc(-c3ccc(Br)cc3)cs2)n1C. The lowest BCUT2D eigenvalue weighted by Gasteiger charge is -2.15. The molecule has 176 valence electrons. The summed E-state index contributed by atoms with van der Waals surface area (Å²) in [6.45, 7) is 1.84. The van der Waals surface area contributed by atoms with Crippen LogP contribution in [0.4, 0.5) is 5.13 Å². The minimum absolute atomic E-state index is 0.161. The first-order valence-corrected chi connectivity index (χ1v) is 13.4. The first-order chi connectivity index (χ1) is 16.3. The molecule has 2 heterocycles. The molecule has 12 heteroatoms. The summed E-state index contributed by atoms with van der Waals surface area (Å²) in [5.41, 5.74) is 1.79. The predicted molar refractivity (Wildman–Crippen MR) is 141 cm³/mol. The van der Waals surface area contributed by atoms with Gasteiger partial charge in [0.05, 0.1) is 16.5 Å². The number of halogens is 3. The largest absolute Gasteiger partial charge is 0.481 e. The van der Waals surface area contributed by atoms with Crippen molar-refractivity contribution in [1.82, 2.24) is 19.7 Å². The number of benzene rings is 2. The number of hydrogen-bond donors (Lipinski definition) is 1. The molecule has 0 bridgehead atoms. The lowest BCUT2D eigenvalue weighted by atomic mass is 10.2. The smallest absolute Gasteiger partial charge is 0.236 e. The fraction of sp³-hybridized carbons (Fsp3) is 0.182. The van der Waals surface area contributed by atoms with Crippen LogP contribution >= 0.6 is 62.2 Å². The highest BCUT2D eigenvalue weighted by Gasteiger charge is 2.19. The van der Waals surface area contributed by atoms with Crippen LogP contribution in [-0.2, 0) is 11.8 Å². The third-order valence-electron chi connectivity index (χ3n) is 4.65. The average molecular weight is 599 g/mol. The minimum Gasteiger partial charge on any atom is -0.481 e. The molecule has 4 aromatic rings. The van der Waals surface area contributed by atoms with Gasteiger partial charge in [0.25, 0.3) is 0 Å². The van der Waals surface area contributed by atoms with Crippen LogP contribution in [0.15, 0.2) is 57.5 Å². The molecular formula is C22H18BrCl2N5O2S2. The Labute approximate surface area is 223 Å². The van der Waals surface area contributed by atoms with Gasteiger partial charge in [0.15, 0.2) is 22.2 Å². The van der Waals surface area contributed by atoms with Crippen molar-refractivity contribution in [2.75, 3.05) is 11.1 Å². The number of thiazole rings is 1. The quantitative estimate of drug-likeness (QED) is 0.223. The van der Waals surface area contributed by atoms with Crippen LogP contribution in [0.3, 0.4) is 0 Å². The van der Waals surface area contributed by atoms with E-state index in [1.165, 1.54) is 23.1 Å². The van der Waals surface area contributed by atoms with Crippen LogP contribution in [0.25, 0.3) is 11.3 Å². The van der Waals surface area contributed by atoms with Crippen molar-refractivity contribution < 1.29 is 9.53 Å². The van der Waals surface area contributed by atoms with Gasteiger partial charge in [-0.3, -0.25) is 4.79 Å². The molecule has 1 amide bonds. The maximum Gasteiger partial charge on any atom is 0.236 e. The molecule has 7 nitrogen and oxygen atoms in total. The molecule has 0 aliphatic rings. The van der Waals surface area contributed by atoms with Crippen LogP contribution in [-0.4, -0.2) is 31.4 Å². The maximum atomic E-state index is 12.5. The summed E-state index contributed by atoms with van der Waals surface area (Å²) in [7, 11) is 1.82. The lowest BCUT2D eigenvalue weighted by Crippen LogP contribution is -2.14. The summed E-state index contributed by atoms with van der Waals surface area (Å²) in [5, 5.41) is 15.3. The number of ether oxygens (including phenoxy) is 1. The molecule has 0 radical (unpaired) electrons. The Morgan fingerprint density at radius 1 is 1.24 bits per heavy atom. The van der Waals surface area contributed by atoms with Gasteiger partial charge in [-0.2, -0.15) is 0 Å². The van der Waals surface area contributed by atoms with Gasteiger partial charge in [0, 0.05) is 33.6 Å². The Hall–Kier alpha value is -2.11. The van der Waals surface area contributed by atoms with E-state index in [4.69, 9.17) is 27.9 Å². The Morgan fingerprint density at radius 3 is 2.76 bits per heavy atom. The van der Waals surface area contributed by atoms with Gasteiger partial charge in [-0.25, -0.2) is 4.98 Å². The van der Waals surface area contributed by atoms with E-state index in [1.54, 1.807) is 22.8 Å². The molecule has 0 saturated carbocycles. The summed E-state index contributed by atoms with van der Waals surface area (Å²) >= 11 is 18.3. The minimum atomic E-state index is -0.427. The fourth-order valence-electron chi connectivity index (χ4n) is 2.99. The summed E-state index contributed by atoms with van der Waals surface area (Å²) in [4.78, 5) is 17.0. The number of anilines is 1. The van der Waals surface area contributed by atoms with Crippen LogP contribution in [0, 0.1) is 0 Å². The fourth-order valence-corrected chi connectivity index (χ4v) is 5.03. The highest BCUT2D eigenvalue weighted by Crippen LogP contribution is 2.32. The van der Waals surface area contributed by atoms with Gasteiger partial charge in [-0.15, -0.1) is 21.5 Å². The van der Waals surface area contributed by atoms with E-state index in [-0.39, 0.29) is 11.7 Å². The van der Waals surface area contributed by atoms with Gasteiger partial charge in [0.2, 0.25) is 5.91 Å². The number of carbonyl (C=O) groups excluding carboxylic acids is 1. The zero-order valence-electron chi connectivity index (χ0n) is 18.0. The first-order valence-electron chi connectivity index (χ1n) is 9.95. The third kappa shape index (κ3) is 6.11. The molecule has 2 aromatic heterocycles. The normalized spacial score (nSPS) is 11.9. The third-order valence-corrected chi connectivity index (χ3v) is 7.51. The zero-order valence-corrected chi connectivity index (χ0v) is 22.7. The van der Waals surface area contributed by atoms with Gasteiger partial charge in [-0.05, 0) is 31.2 Å². The van der Waals surface area contributed by atoms with Gasteiger partial charge in [-0.1, -0.05) is 63.0 Å². The Morgan fingerprint density at radius 2 is 2.00 bits per heavy atom. The van der Waals surface area contributed by atoms with Crippen molar-refractivity contribution in [3.63, 3.8) is 0 Å². The van der Waals surface area contributed by atoms with Crippen LogP contribution in [0.2, 0.25) is 10.0 Å². The van der Waals surface area contributed by atoms with Crippen molar-refractivity contribution in [1.29, 1.82) is 0 Å². The molecule has 0 fully saturated rings. The predicted octanol–water partition coefficient (Wildman–Crippen LogP) is 6.88. The number of amides is 1. The number of thioether (sulfide) groups is 1. The molecule has 2 aromatic carbocycles. The Bertz CT molecular complexity index is 1310. The molecule has 34 heavy (non-hydrogen) atoms. The number of nitrogens with one attached hydrogen (secondary N) is 1. The highest BCUT2D eigenvalue weighted by atomic mass is 79.9. The van der Waals surface area contributed by atoms with E-state index in [9.17, 15) is 4.79 Å². The molecular weight excluding hydrogens is 581 g/mol. The molecule has 0 aliphatic carbocycles. The average Bonchev–Trinajstić information content (AvgIpc) is 3.42. The maximum absolute atomic E-state index is 12.5. The number of nitrogens with zero attached hydrogens (tertiary/aromatic N) is 4. The van der Waals surface area contributed by atoms with Crippen LogP contribution in [0.5, 0.6) is 5.75 Å². The molecule has 1 atom stereocenters. The van der Waals surface area contributed by atoms with E-state index in [1.807, 2.05) is 43.6 Å². The Kier molecular flexibility index (Phi) is 8.15. The molecule has 0 aliphatic heterocycles. The van der Waals surface area contributed by atoms with Crippen molar-refractivity contribution in [3.8, 4) is 17.0 Å². The van der Waals surface area contributed by atoms with Gasteiger partial charge >= 0.3 is 0 Å². The highest BCUT2D eigenvalue weighted by molar-refractivity contribution is 9.10. The van der Waals surface area contributed by atoms with Crippen molar-refractivity contribution in [3.05, 3.63) is 68.2 Å². The van der Waals surface area contributed by atoms with Crippen LogP contribution in [0.1, 0.15) is 18.9 Å². The molecule has 0 saturated heterocycles. The second kappa shape index (κ2) is 11.1. The topological polar surface area (TPSA) is 81.9 Å². The van der Waals surface area contributed by atoms with E-state index in [0.717, 1.165) is 15.7 Å². The zero-order chi connectivity index (χ0) is 24.2. The van der Waals surface area contributed by atoms with E-state index in [2.05, 4.69) is 36.4 Å². The number of carbonyl (C=O) groups is 1. The summed E-state index contributed by atoms with van der Waals surface area (Å²) in [6.07, 6.45) is -0.427. The lowest BCUT2D eigenvalue weighted by molar-refractivity contribution is -0.113. The second-order valence-electron chi connectivity index (χ2n) is 7.12. The van der Waals surface area contributed by atoms with Gasteiger partial charge < -0.3 is 14.6 Å². The first kappa shape index (κ1) is 25.0. The standard InChI is InChI=1S/C22H18BrCl2N5O2S2/c1-12(32-18-9-15(24)7-8-16(18)25)20-28-29-22(30(20)2)34-11-19(31)27-21-26-17(10-33-21)13-3-5-14(23)6-4-13/h3-10,12H,11H2,1-2H3,(H,26,27,31). The molecule has 1 N–H and O–H groups in total. The summed E-state index contributed by atoms with van der Waals surface area (Å²) in [6, 6.07) is 12.9. The monoisotopic (exact) mass is 597 g/mol. The molecule has 4 rings (SSSR count). The molecule has 0 spiro atoms. The van der Waals surface area contributed by atoms with E-state index in [0.29, 0.717) is 31.9 Å². The van der Waals surface area contributed by atoms with Crippen molar-refractivity contribution in [2.45, 2.75) is 18.2 Å². The van der Waals surface area contributed by atoms with Crippen LogP contribution < -0.4 is 10.1 Å². The summed E-state index contributed by atoms with van der Waals surface area (Å²) in [5.74, 6) is 1.04. The van der Waals surface area contributed by atoms with Crippen molar-refractivity contribution >= 4 is 73.3 Å². The number of aromatic nitrogens is 4. The number of hydrogen-bond acceptors (Lipinski definition) is 7. The number of rotatable bonds is 8. The van der Waals surface area contributed by atoms with E-state index < -0.39 is 6.10 Å².